The van der Waals surface area contributed by atoms with E-state index in [1.54, 1.807) is 42.0 Å². The predicted octanol–water partition coefficient (Wildman–Crippen LogP) is 5.38. The van der Waals surface area contributed by atoms with Gasteiger partial charge in [0.2, 0.25) is 0 Å². The van der Waals surface area contributed by atoms with E-state index >= 15 is 0 Å². The van der Waals surface area contributed by atoms with Crippen molar-refractivity contribution in [2.24, 2.45) is 4.99 Å². The first kappa shape index (κ1) is 25.2. The van der Waals surface area contributed by atoms with Gasteiger partial charge in [-0.05, 0) is 56.2 Å². The summed E-state index contributed by atoms with van der Waals surface area (Å²) in [6.07, 6.45) is 6.22. The fraction of sp³-hybridized carbons (Fsp3) is 0.296. The molecule has 0 radical (unpaired) electrons. The number of carbonyl (C=O) groups excluding carboxylic acids is 2. The summed E-state index contributed by atoms with van der Waals surface area (Å²) in [5, 5.41) is 0.771. The van der Waals surface area contributed by atoms with Crippen molar-refractivity contribution in [1.82, 2.24) is 14.0 Å². The number of carbonyl (C=O) groups is 2. The summed E-state index contributed by atoms with van der Waals surface area (Å²) in [6, 6.07) is 11.1. The van der Waals surface area contributed by atoms with E-state index in [1.165, 1.54) is 22.6 Å². The zero-order chi connectivity index (χ0) is 26.1. The zero-order valence-corrected chi connectivity index (χ0v) is 21.6. The molecule has 37 heavy (non-hydrogen) atoms. The van der Waals surface area contributed by atoms with Gasteiger partial charge in [0, 0.05) is 17.3 Å². The second-order valence-electron chi connectivity index (χ2n) is 8.89. The Bertz CT molecular complexity index is 1670. The van der Waals surface area contributed by atoms with Crippen LogP contribution in [0.4, 0.5) is 0 Å². The lowest BCUT2D eigenvalue weighted by Gasteiger charge is -2.27. The van der Waals surface area contributed by atoms with Crippen LogP contribution in [0.15, 0.2) is 58.4 Å². The van der Waals surface area contributed by atoms with Crippen LogP contribution in [0.3, 0.4) is 0 Å². The SMILES string of the molecule is CCOC(=O)c1cc2c(=O)n3ccccc3nc2n(C2CCCCC2)c1=NC(=O)c1ccc(Cl)cc1Cl. The molecule has 4 aromatic rings. The first-order valence-corrected chi connectivity index (χ1v) is 12.9. The van der Waals surface area contributed by atoms with Crippen LogP contribution in [0.5, 0.6) is 0 Å². The minimum atomic E-state index is -0.680. The quantitative estimate of drug-likeness (QED) is 0.257. The Morgan fingerprint density at radius 2 is 1.86 bits per heavy atom. The van der Waals surface area contributed by atoms with Crippen molar-refractivity contribution >= 4 is 51.8 Å². The molecule has 0 N–H and O–H groups in total. The molecule has 0 unspecified atom stereocenters. The van der Waals surface area contributed by atoms with Crippen LogP contribution in [-0.2, 0) is 4.74 Å². The molecule has 1 fully saturated rings. The average Bonchev–Trinajstić information content (AvgIpc) is 2.89. The number of pyridine rings is 2. The van der Waals surface area contributed by atoms with E-state index in [4.69, 9.17) is 32.9 Å². The third kappa shape index (κ3) is 4.79. The number of esters is 1. The number of hydrogen-bond donors (Lipinski definition) is 0. The molecule has 0 aliphatic heterocycles. The van der Waals surface area contributed by atoms with Crippen LogP contribution < -0.4 is 11.0 Å². The molecule has 5 rings (SSSR count). The molecule has 10 heteroatoms. The highest BCUT2D eigenvalue weighted by Gasteiger charge is 2.25. The van der Waals surface area contributed by atoms with Gasteiger partial charge < -0.3 is 9.30 Å². The molecule has 0 bridgehead atoms. The molecule has 0 spiro atoms. The van der Waals surface area contributed by atoms with E-state index in [0.717, 1.165) is 32.1 Å². The second-order valence-corrected chi connectivity index (χ2v) is 9.73. The summed E-state index contributed by atoms with van der Waals surface area (Å²) in [4.78, 5) is 49.3. The van der Waals surface area contributed by atoms with Gasteiger partial charge >= 0.3 is 5.97 Å². The Morgan fingerprint density at radius 1 is 1.08 bits per heavy atom. The van der Waals surface area contributed by atoms with Gasteiger partial charge in [0.1, 0.15) is 16.9 Å². The van der Waals surface area contributed by atoms with Crippen molar-refractivity contribution in [3.8, 4) is 0 Å². The number of hydrogen-bond acceptors (Lipinski definition) is 5. The average molecular weight is 539 g/mol. The highest BCUT2D eigenvalue weighted by Crippen LogP contribution is 2.29. The lowest BCUT2D eigenvalue weighted by molar-refractivity contribution is 0.0523. The molecule has 0 saturated heterocycles. The normalized spacial score (nSPS) is 14.8. The molecule has 8 nitrogen and oxygen atoms in total. The van der Waals surface area contributed by atoms with Gasteiger partial charge in [-0.25, -0.2) is 9.78 Å². The lowest BCUT2D eigenvalue weighted by atomic mass is 9.94. The van der Waals surface area contributed by atoms with E-state index in [0.29, 0.717) is 16.3 Å². The summed E-state index contributed by atoms with van der Waals surface area (Å²) < 4.78 is 8.52. The molecule has 1 amide bonds. The Hall–Kier alpha value is -3.49. The largest absolute Gasteiger partial charge is 0.462 e. The summed E-state index contributed by atoms with van der Waals surface area (Å²) in [5.74, 6) is -1.33. The number of aromatic nitrogens is 3. The molecule has 190 valence electrons. The fourth-order valence-electron chi connectivity index (χ4n) is 4.82. The Balaban J connectivity index is 1.90. The fourth-order valence-corrected chi connectivity index (χ4v) is 5.31. The van der Waals surface area contributed by atoms with Gasteiger partial charge in [0.15, 0.2) is 5.49 Å². The summed E-state index contributed by atoms with van der Waals surface area (Å²) in [7, 11) is 0. The number of benzene rings is 1. The number of fused-ring (bicyclic) bond motifs is 2. The van der Waals surface area contributed by atoms with E-state index in [1.807, 2.05) is 0 Å². The minimum absolute atomic E-state index is 0.0214. The molecule has 1 saturated carbocycles. The van der Waals surface area contributed by atoms with Crippen LogP contribution in [0.2, 0.25) is 10.0 Å². The Labute approximate surface area is 222 Å². The molecule has 0 atom stereocenters. The van der Waals surface area contributed by atoms with E-state index in [-0.39, 0.29) is 45.2 Å². The maximum absolute atomic E-state index is 13.5. The second kappa shape index (κ2) is 10.5. The Kier molecular flexibility index (Phi) is 7.13. The molecular weight excluding hydrogens is 515 g/mol. The summed E-state index contributed by atoms with van der Waals surface area (Å²) in [5.41, 5.74) is 0.752. The third-order valence-corrected chi connectivity index (χ3v) is 7.09. The predicted molar refractivity (Wildman–Crippen MR) is 141 cm³/mol. The van der Waals surface area contributed by atoms with Gasteiger partial charge in [-0.15, -0.1) is 0 Å². The number of halogens is 2. The van der Waals surface area contributed by atoms with Gasteiger partial charge in [-0.2, -0.15) is 4.99 Å². The molecule has 1 aromatic carbocycles. The van der Waals surface area contributed by atoms with Crippen LogP contribution >= 0.6 is 23.2 Å². The summed E-state index contributed by atoms with van der Waals surface area (Å²) in [6.45, 7) is 1.80. The molecule has 1 aliphatic rings. The highest BCUT2D eigenvalue weighted by molar-refractivity contribution is 6.36. The number of amides is 1. The van der Waals surface area contributed by atoms with Crippen LogP contribution in [0.25, 0.3) is 16.7 Å². The maximum atomic E-state index is 13.5. The molecule has 3 heterocycles. The van der Waals surface area contributed by atoms with Crippen molar-refractivity contribution in [2.75, 3.05) is 6.61 Å². The zero-order valence-electron chi connectivity index (χ0n) is 20.1. The molecule has 1 aliphatic carbocycles. The smallest absolute Gasteiger partial charge is 0.341 e. The van der Waals surface area contributed by atoms with E-state index in [9.17, 15) is 14.4 Å². The highest BCUT2D eigenvalue weighted by atomic mass is 35.5. The minimum Gasteiger partial charge on any atom is -0.462 e. The van der Waals surface area contributed by atoms with Crippen molar-refractivity contribution in [2.45, 2.75) is 45.1 Å². The monoisotopic (exact) mass is 538 g/mol. The van der Waals surface area contributed by atoms with Crippen LogP contribution in [-0.4, -0.2) is 32.4 Å². The Morgan fingerprint density at radius 3 is 2.59 bits per heavy atom. The van der Waals surface area contributed by atoms with Gasteiger partial charge in [0.25, 0.3) is 11.5 Å². The summed E-state index contributed by atoms with van der Waals surface area (Å²) >= 11 is 12.3. The van der Waals surface area contributed by atoms with Crippen molar-refractivity contribution in [3.05, 3.63) is 85.7 Å². The number of ether oxygens (including phenoxy) is 1. The maximum Gasteiger partial charge on any atom is 0.341 e. The first-order chi connectivity index (χ1) is 17.9. The van der Waals surface area contributed by atoms with Crippen molar-refractivity contribution < 1.29 is 14.3 Å². The van der Waals surface area contributed by atoms with Crippen LogP contribution in [0, 0.1) is 0 Å². The van der Waals surface area contributed by atoms with Crippen molar-refractivity contribution in [1.29, 1.82) is 0 Å². The third-order valence-electron chi connectivity index (χ3n) is 6.54. The standard InChI is InChI=1S/C27H24Cl2N4O4/c1-2-37-27(36)20-15-19-23(30-22-10-6-7-13-32(22)26(19)35)33(17-8-4-3-5-9-17)24(20)31-25(34)18-12-11-16(28)14-21(18)29/h6-7,10-15,17H,2-5,8-9H2,1H3. The molecular formula is C27H24Cl2N4O4. The van der Waals surface area contributed by atoms with Gasteiger partial charge in [0.05, 0.1) is 22.6 Å². The topological polar surface area (TPSA) is 95.0 Å². The first-order valence-electron chi connectivity index (χ1n) is 12.2. The van der Waals surface area contributed by atoms with Gasteiger partial charge in [-0.1, -0.05) is 48.5 Å². The van der Waals surface area contributed by atoms with Crippen molar-refractivity contribution in [3.63, 3.8) is 0 Å². The van der Waals surface area contributed by atoms with E-state index < -0.39 is 11.9 Å². The lowest BCUT2D eigenvalue weighted by Crippen LogP contribution is -2.35. The molecule has 3 aromatic heterocycles. The number of nitrogens with zero attached hydrogens (tertiary/aromatic N) is 4. The van der Waals surface area contributed by atoms with E-state index in [2.05, 4.69) is 4.99 Å². The number of rotatable bonds is 4. The van der Waals surface area contributed by atoms with Gasteiger partial charge in [-0.3, -0.25) is 14.0 Å². The van der Waals surface area contributed by atoms with Crippen LogP contribution in [0.1, 0.15) is 65.8 Å².